The molecule has 0 spiro atoms. The van der Waals surface area contributed by atoms with E-state index in [2.05, 4.69) is 11.3 Å². The zero-order valence-electron chi connectivity index (χ0n) is 15.2. The number of sulfone groups is 1. The Labute approximate surface area is 155 Å². The number of unbranched alkanes of at least 4 members (excludes halogenated alkanes) is 2. The van der Waals surface area contributed by atoms with E-state index in [-0.39, 0.29) is 23.4 Å². The number of ether oxygens (including phenoxy) is 2. The average Bonchev–Trinajstić information content (AvgIpc) is 2.63. The molecule has 1 aromatic rings. The molecule has 1 rings (SSSR count). The second-order valence-corrected chi connectivity index (χ2v) is 8.02. The van der Waals surface area contributed by atoms with Crippen molar-refractivity contribution < 1.29 is 27.5 Å². The summed E-state index contributed by atoms with van der Waals surface area (Å²) < 4.78 is 35.2. The predicted molar refractivity (Wildman–Crippen MR) is 98.3 cm³/mol. The summed E-state index contributed by atoms with van der Waals surface area (Å²) in [4.78, 5) is 23.1. The SMILES string of the molecule is C=CC(CCCCCC(C(=O)OC)S(=O)(=O)c1ccccc1)OC(C)=O. The van der Waals surface area contributed by atoms with Gasteiger partial charge in [0.2, 0.25) is 0 Å². The van der Waals surface area contributed by atoms with Crippen LogP contribution in [0.3, 0.4) is 0 Å². The van der Waals surface area contributed by atoms with E-state index < -0.39 is 21.1 Å². The smallest absolute Gasteiger partial charge is 0.324 e. The van der Waals surface area contributed by atoms with Gasteiger partial charge in [0.1, 0.15) is 6.10 Å². The Morgan fingerprint density at radius 2 is 1.73 bits per heavy atom. The Morgan fingerprint density at radius 1 is 1.12 bits per heavy atom. The molecule has 0 aliphatic heterocycles. The summed E-state index contributed by atoms with van der Waals surface area (Å²) in [5.41, 5.74) is 0. The van der Waals surface area contributed by atoms with Crippen molar-refractivity contribution in [3.05, 3.63) is 43.0 Å². The van der Waals surface area contributed by atoms with E-state index in [1.165, 1.54) is 26.2 Å². The molecule has 0 fully saturated rings. The average molecular weight is 382 g/mol. The van der Waals surface area contributed by atoms with Gasteiger partial charge >= 0.3 is 11.9 Å². The number of carbonyl (C=O) groups excluding carboxylic acids is 2. The highest BCUT2D eigenvalue weighted by Gasteiger charge is 2.34. The molecule has 144 valence electrons. The highest BCUT2D eigenvalue weighted by atomic mass is 32.2. The molecule has 0 saturated heterocycles. The number of methoxy groups -OCH3 is 1. The molecular weight excluding hydrogens is 356 g/mol. The molecule has 0 aliphatic carbocycles. The minimum absolute atomic E-state index is 0.108. The van der Waals surface area contributed by atoms with Gasteiger partial charge in [0.05, 0.1) is 12.0 Å². The van der Waals surface area contributed by atoms with Crippen LogP contribution in [0.4, 0.5) is 0 Å². The maximum Gasteiger partial charge on any atom is 0.324 e. The molecule has 7 heteroatoms. The van der Waals surface area contributed by atoms with E-state index >= 15 is 0 Å². The van der Waals surface area contributed by atoms with Gasteiger partial charge in [0.15, 0.2) is 15.1 Å². The third kappa shape index (κ3) is 6.63. The van der Waals surface area contributed by atoms with Crippen molar-refractivity contribution in [3.8, 4) is 0 Å². The van der Waals surface area contributed by atoms with Gasteiger partial charge < -0.3 is 9.47 Å². The largest absolute Gasteiger partial charge is 0.468 e. The van der Waals surface area contributed by atoms with Crippen LogP contribution in [-0.4, -0.2) is 38.8 Å². The number of rotatable bonds is 11. The molecule has 0 aromatic heterocycles. The molecule has 6 nitrogen and oxygen atoms in total. The molecule has 2 atom stereocenters. The summed E-state index contributed by atoms with van der Waals surface area (Å²) >= 11 is 0. The predicted octanol–water partition coefficient (Wildman–Crippen LogP) is 3.07. The number of benzene rings is 1. The lowest BCUT2D eigenvalue weighted by Gasteiger charge is -2.16. The third-order valence-electron chi connectivity index (χ3n) is 3.95. The fourth-order valence-electron chi connectivity index (χ4n) is 2.60. The fourth-order valence-corrected chi connectivity index (χ4v) is 4.29. The molecule has 0 saturated carbocycles. The maximum absolute atomic E-state index is 12.7. The summed E-state index contributed by atoms with van der Waals surface area (Å²) in [6.45, 7) is 4.96. The van der Waals surface area contributed by atoms with Crippen molar-refractivity contribution in [1.82, 2.24) is 0 Å². The molecule has 0 heterocycles. The summed E-state index contributed by atoms with van der Waals surface area (Å²) in [6.07, 6.45) is 3.96. The van der Waals surface area contributed by atoms with Crippen molar-refractivity contribution in [2.75, 3.05) is 7.11 Å². The second-order valence-electron chi connectivity index (χ2n) is 5.89. The van der Waals surface area contributed by atoms with Crippen molar-refractivity contribution in [1.29, 1.82) is 0 Å². The maximum atomic E-state index is 12.7. The molecule has 0 amide bonds. The van der Waals surface area contributed by atoms with Crippen molar-refractivity contribution in [3.63, 3.8) is 0 Å². The summed E-state index contributed by atoms with van der Waals surface area (Å²) in [5, 5.41) is -1.22. The highest BCUT2D eigenvalue weighted by molar-refractivity contribution is 7.92. The van der Waals surface area contributed by atoms with Crippen LogP contribution < -0.4 is 0 Å². The minimum atomic E-state index is -3.80. The molecule has 2 unspecified atom stereocenters. The van der Waals surface area contributed by atoms with Crippen LogP contribution in [0.5, 0.6) is 0 Å². The van der Waals surface area contributed by atoms with Crippen LogP contribution in [0.2, 0.25) is 0 Å². The van der Waals surface area contributed by atoms with Gasteiger partial charge in [-0.3, -0.25) is 9.59 Å². The molecule has 0 aliphatic rings. The van der Waals surface area contributed by atoms with Gasteiger partial charge in [0, 0.05) is 6.92 Å². The molecule has 26 heavy (non-hydrogen) atoms. The Balaban J connectivity index is 2.63. The van der Waals surface area contributed by atoms with E-state index in [4.69, 9.17) is 4.74 Å². The van der Waals surface area contributed by atoms with E-state index in [0.29, 0.717) is 19.3 Å². The monoisotopic (exact) mass is 382 g/mol. The number of hydrogen-bond acceptors (Lipinski definition) is 6. The molecule has 1 aromatic carbocycles. The summed E-state index contributed by atoms with van der Waals surface area (Å²) in [5.74, 6) is -1.12. The van der Waals surface area contributed by atoms with Crippen molar-refractivity contribution >= 4 is 21.8 Å². The van der Waals surface area contributed by atoms with E-state index in [9.17, 15) is 18.0 Å². The topological polar surface area (TPSA) is 86.7 Å². The molecule has 0 radical (unpaired) electrons. The zero-order chi connectivity index (χ0) is 19.6. The Morgan fingerprint density at radius 3 is 2.27 bits per heavy atom. The summed E-state index contributed by atoms with van der Waals surface area (Å²) in [6, 6.07) is 7.89. The molecular formula is C19H26O6S. The van der Waals surface area contributed by atoms with E-state index in [1.54, 1.807) is 24.3 Å². The number of carbonyl (C=O) groups is 2. The minimum Gasteiger partial charge on any atom is -0.468 e. The van der Waals surface area contributed by atoms with Crippen LogP contribution in [0, 0.1) is 0 Å². The van der Waals surface area contributed by atoms with E-state index in [0.717, 1.165) is 6.42 Å². The first-order valence-electron chi connectivity index (χ1n) is 8.49. The van der Waals surface area contributed by atoms with Crippen molar-refractivity contribution in [2.24, 2.45) is 0 Å². The molecule has 0 N–H and O–H groups in total. The van der Waals surface area contributed by atoms with E-state index in [1.807, 2.05) is 0 Å². The lowest BCUT2D eigenvalue weighted by Crippen LogP contribution is -2.31. The zero-order valence-corrected chi connectivity index (χ0v) is 16.0. The van der Waals surface area contributed by atoms with Gasteiger partial charge in [0.25, 0.3) is 0 Å². The summed E-state index contributed by atoms with van der Waals surface area (Å²) in [7, 11) is -2.61. The Bertz CT molecular complexity index is 696. The second kappa shape index (κ2) is 10.8. The van der Waals surface area contributed by atoms with Gasteiger partial charge in [-0.1, -0.05) is 43.7 Å². The van der Waals surface area contributed by atoms with Crippen LogP contribution >= 0.6 is 0 Å². The highest BCUT2D eigenvalue weighted by Crippen LogP contribution is 2.22. The van der Waals surface area contributed by atoms with Crippen LogP contribution in [0.15, 0.2) is 47.9 Å². The van der Waals surface area contributed by atoms with Gasteiger partial charge in [-0.2, -0.15) is 0 Å². The molecule has 0 bridgehead atoms. The normalized spacial score (nSPS) is 13.5. The van der Waals surface area contributed by atoms with Crippen LogP contribution in [0.25, 0.3) is 0 Å². The van der Waals surface area contributed by atoms with Crippen molar-refractivity contribution in [2.45, 2.75) is 55.3 Å². The van der Waals surface area contributed by atoms with Gasteiger partial charge in [-0.05, 0) is 31.4 Å². The Kier molecular flexibility index (Phi) is 9.05. The quantitative estimate of drug-likeness (QED) is 0.332. The van der Waals surface area contributed by atoms with Crippen LogP contribution in [0.1, 0.15) is 39.0 Å². The van der Waals surface area contributed by atoms with Crippen LogP contribution in [-0.2, 0) is 28.9 Å². The third-order valence-corrected chi connectivity index (χ3v) is 6.05. The Hall–Kier alpha value is -2.15. The first-order chi connectivity index (χ1) is 12.3. The number of esters is 2. The number of hydrogen-bond donors (Lipinski definition) is 0. The standard InChI is InChI=1S/C19H26O6S/c1-4-16(25-15(2)20)11-7-5-10-14-18(19(21)24-3)26(22,23)17-12-8-6-9-13-17/h4,6,8-9,12-13,16,18H,1,5,7,10-11,14H2,2-3H3. The fraction of sp³-hybridized carbons (Fsp3) is 0.474. The lowest BCUT2D eigenvalue weighted by molar-refractivity contribution is -0.144. The lowest BCUT2D eigenvalue weighted by atomic mass is 10.1. The first kappa shape index (κ1) is 21.9. The first-order valence-corrected chi connectivity index (χ1v) is 10.0. The van der Waals surface area contributed by atoms with Gasteiger partial charge in [-0.15, -0.1) is 0 Å². The van der Waals surface area contributed by atoms with Gasteiger partial charge in [-0.25, -0.2) is 8.42 Å².